The number of nitrogens with zero attached hydrogens (tertiary/aromatic N) is 1. The smallest absolute Gasteiger partial charge is 0.319 e. The van der Waals surface area contributed by atoms with Crippen LogP contribution < -0.4 is 10.6 Å². The van der Waals surface area contributed by atoms with Gasteiger partial charge in [-0.1, -0.05) is 6.07 Å². The number of benzene rings is 1. The molecule has 0 bridgehead atoms. The highest BCUT2D eigenvalue weighted by molar-refractivity contribution is 5.91. The summed E-state index contributed by atoms with van der Waals surface area (Å²) in [6, 6.07) is 2.43. The number of nitro benzene ring substituents is 1. The average Bonchev–Trinajstić information content (AvgIpc) is 2.39. The van der Waals surface area contributed by atoms with Crippen LogP contribution in [0.25, 0.3) is 0 Å². The van der Waals surface area contributed by atoms with E-state index in [1.165, 1.54) is 6.07 Å². The number of carboxylic acid groups (broad SMARTS) is 1. The molecule has 3 N–H and O–H groups in total. The van der Waals surface area contributed by atoms with Gasteiger partial charge in [0.1, 0.15) is 0 Å². The Morgan fingerprint density at radius 1 is 1.33 bits per heavy atom. The minimum absolute atomic E-state index is 0.0326. The van der Waals surface area contributed by atoms with Gasteiger partial charge in [-0.15, -0.1) is 0 Å². The number of carbonyl (C=O) groups is 2. The third-order valence-corrected chi connectivity index (χ3v) is 2.93. The van der Waals surface area contributed by atoms with E-state index in [0.29, 0.717) is 23.2 Å². The lowest BCUT2D eigenvalue weighted by molar-refractivity contribution is -0.385. The number of aryl methyl sites for hydroxylation is 1. The Hall–Kier alpha value is -2.64. The van der Waals surface area contributed by atoms with Gasteiger partial charge in [0.15, 0.2) is 0 Å². The van der Waals surface area contributed by atoms with E-state index < -0.39 is 16.9 Å². The number of aliphatic carboxylic acids is 1. The number of anilines is 1. The Balaban J connectivity index is 2.70. The molecule has 0 saturated heterocycles. The lowest BCUT2D eigenvalue weighted by atomic mass is 10.1. The van der Waals surface area contributed by atoms with Gasteiger partial charge in [-0.2, -0.15) is 0 Å². The number of carboxylic acids is 1. The molecule has 0 fully saturated rings. The van der Waals surface area contributed by atoms with Gasteiger partial charge in [-0.3, -0.25) is 14.9 Å². The first-order valence-electron chi connectivity index (χ1n) is 6.34. The summed E-state index contributed by atoms with van der Waals surface area (Å²) in [5.41, 5.74) is 1.40. The van der Waals surface area contributed by atoms with Crippen molar-refractivity contribution in [2.75, 3.05) is 11.9 Å². The molecule has 0 spiro atoms. The van der Waals surface area contributed by atoms with Gasteiger partial charge >= 0.3 is 12.0 Å². The van der Waals surface area contributed by atoms with Crippen LogP contribution in [0.4, 0.5) is 16.2 Å². The second-order valence-electron chi connectivity index (χ2n) is 4.54. The van der Waals surface area contributed by atoms with Gasteiger partial charge in [0.05, 0.1) is 16.2 Å². The molecule has 0 aromatic heterocycles. The van der Waals surface area contributed by atoms with Crippen molar-refractivity contribution >= 4 is 23.4 Å². The molecule has 0 radical (unpaired) electrons. The zero-order chi connectivity index (χ0) is 16.0. The van der Waals surface area contributed by atoms with Gasteiger partial charge in [-0.25, -0.2) is 4.79 Å². The van der Waals surface area contributed by atoms with E-state index in [4.69, 9.17) is 5.11 Å². The number of carbonyl (C=O) groups excluding carboxylic acids is 1. The number of urea groups is 1. The van der Waals surface area contributed by atoms with E-state index in [-0.39, 0.29) is 18.7 Å². The lowest BCUT2D eigenvalue weighted by Gasteiger charge is -2.12. The second kappa shape index (κ2) is 7.22. The molecule has 0 heterocycles. The maximum absolute atomic E-state index is 11.7. The van der Waals surface area contributed by atoms with E-state index in [2.05, 4.69) is 10.6 Å². The molecule has 0 aliphatic heterocycles. The van der Waals surface area contributed by atoms with Crippen molar-refractivity contribution in [3.05, 3.63) is 33.4 Å². The summed E-state index contributed by atoms with van der Waals surface area (Å²) in [5.74, 6) is -0.928. The van der Waals surface area contributed by atoms with E-state index in [0.717, 1.165) is 0 Å². The van der Waals surface area contributed by atoms with Crippen LogP contribution in [0.2, 0.25) is 0 Å². The monoisotopic (exact) mass is 295 g/mol. The van der Waals surface area contributed by atoms with Crippen LogP contribution in [-0.2, 0) is 4.79 Å². The molecule has 0 unspecified atom stereocenters. The summed E-state index contributed by atoms with van der Waals surface area (Å²) in [5, 5.41) is 24.4. The van der Waals surface area contributed by atoms with Gasteiger partial charge in [-0.05, 0) is 25.8 Å². The van der Waals surface area contributed by atoms with Crippen LogP contribution >= 0.6 is 0 Å². The van der Waals surface area contributed by atoms with Crippen LogP contribution in [0.1, 0.15) is 24.0 Å². The molecule has 8 heteroatoms. The summed E-state index contributed by atoms with van der Waals surface area (Å²) in [6.45, 7) is 3.51. The molecule has 0 saturated carbocycles. The van der Waals surface area contributed by atoms with Gasteiger partial charge in [0, 0.05) is 19.0 Å². The van der Waals surface area contributed by atoms with E-state index >= 15 is 0 Å². The minimum atomic E-state index is -0.928. The Morgan fingerprint density at radius 2 is 2.00 bits per heavy atom. The summed E-state index contributed by atoms with van der Waals surface area (Å²) in [7, 11) is 0. The number of rotatable bonds is 6. The van der Waals surface area contributed by atoms with Crippen molar-refractivity contribution in [2.24, 2.45) is 0 Å². The summed E-state index contributed by atoms with van der Waals surface area (Å²) >= 11 is 0. The molecule has 1 aromatic carbocycles. The van der Waals surface area contributed by atoms with Gasteiger partial charge in [0.2, 0.25) is 0 Å². The third-order valence-electron chi connectivity index (χ3n) is 2.93. The van der Waals surface area contributed by atoms with E-state index in [9.17, 15) is 19.7 Å². The molecule has 0 aliphatic rings. The molecular formula is C13H17N3O5. The predicted octanol–water partition coefficient (Wildman–Crippen LogP) is 2.20. The van der Waals surface area contributed by atoms with Gasteiger partial charge < -0.3 is 15.7 Å². The maximum Gasteiger partial charge on any atom is 0.319 e. The van der Waals surface area contributed by atoms with Crippen LogP contribution in [0.15, 0.2) is 12.1 Å². The molecule has 114 valence electrons. The Morgan fingerprint density at radius 3 is 2.57 bits per heavy atom. The SMILES string of the molecule is Cc1ccc([N+](=O)[O-])c(C)c1NC(=O)NCCCC(=O)O. The highest BCUT2D eigenvalue weighted by Crippen LogP contribution is 2.28. The number of hydrogen-bond donors (Lipinski definition) is 3. The average molecular weight is 295 g/mol. The van der Waals surface area contributed by atoms with Crippen molar-refractivity contribution in [3.63, 3.8) is 0 Å². The fourth-order valence-corrected chi connectivity index (χ4v) is 1.83. The number of amides is 2. The van der Waals surface area contributed by atoms with Crippen molar-refractivity contribution in [2.45, 2.75) is 26.7 Å². The summed E-state index contributed by atoms with van der Waals surface area (Å²) < 4.78 is 0. The van der Waals surface area contributed by atoms with Crippen molar-refractivity contribution in [1.29, 1.82) is 0 Å². The van der Waals surface area contributed by atoms with E-state index in [1.807, 2.05) is 0 Å². The Kier molecular flexibility index (Phi) is 5.65. The minimum Gasteiger partial charge on any atom is -0.481 e. The Labute approximate surface area is 121 Å². The molecule has 0 atom stereocenters. The highest BCUT2D eigenvalue weighted by atomic mass is 16.6. The predicted molar refractivity (Wildman–Crippen MR) is 76.5 cm³/mol. The first-order valence-corrected chi connectivity index (χ1v) is 6.34. The molecule has 1 rings (SSSR count). The van der Waals surface area contributed by atoms with Crippen molar-refractivity contribution in [1.82, 2.24) is 5.32 Å². The van der Waals surface area contributed by atoms with Crippen molar-refractivity contribution < 1.29 is 19.6 Å². The molecule has 8 nitrogen and oxygen atoms in total. The maximum atomic E-state index is 11.7. The lowest BCUT2D eigenvalue weighted by Crippen LogP contribution is -2.30. The number of nitrogens with one attached hydrogen (secondary N) is 2. The summed E-state index contributed by atoms with van der Waals surface area (Å²) in [4.78, 5) is 32.4. The number of nitro groups is 1. The first-order chi connectivity index (χ1) is 9.82. The molecular weight excluding hydrogens is 278 g/mol. The standard InChI is InChI=1S/C13H17N3O5/c1-8-5-6-10(16(20)21)9(2)12(8)15-13(19)14-7-3-4-11(17)18/h5-6H,3-4,7H2,1-2H3,(H,17,18)(H2,14,15,19). The topological polar surface area (TPSA) is 122 Å². The zero-order valence-electron chi connectivity index (χ0n) is 11.8. The molecule has 21 heavy (non-hydrogen) atoms. The number of hydrogen-bond acceptors (Lipinski definition) is 4. The second-order valence-corrected chi connectivity index (χ2v) is 4.54. The molecule has 0 aliphatic carbocycles. The quantitative estimate of drug-likeness (QED) is 0.422. The van der Waals surface area contributed by atoms with Crippen molar-refractivity contribution in [3.8, 4) is 0 Å². The third kappa shape index (κ3) is 4.75. The fourth-order valence-electron chi connectivity index (χ4n) is 1.83. The van der Waals surface area contributed by atoms with Gasteiger partial charge in [0.25, 0.3) is 5.69 Å². The first kappa shape index (κ1) is 16.4. The fraction of sp³-hybridized carbons (Fsp3) is 0.385. The molecule has 2 amide bonds. The summed E-state index contributed by atoms with van der Waals surface area (Å²) in [6.07, 6.45) is 0.283. The van der Waals surface area contributed by atoms with E-state index in [1.54, 1.807) is 19.9 Å². The van der Waals surface area contributed by atoms with Crippen LogP contribution in [0.3, 0.4) is 0 Å². The van der Waals surface area contributed by atoms with Crippen LogP contribution in [-0.4, -0.2) is 28.6 Å². The van der Waals surface area contributed by atoms with Crippen LogP contribution in [0, 0.1) is 24.0 Å². The normalized spacial score (nSPS) is 10.0. The molecule has 1 aromatic rings. The highest BCUT2D eigenvalue weighted by Gasteiger charge is 2.17. The Bertz CT molecular complexity index is 571. The largest absolute Gasteiger partial charge is 0.481 e. The van der Waals surface area contributed by atoms with Crippen LogP contribution in [0.5, 0.6) is 0 Å². The zero-order valence-corrected chi connectivity index (χ0v) is 11.8.